The van der Waals surface area contributed by atoms with Crippen molar-refractivity contribution in [1.82, 2.24) is 4.90 Å². The first-order chi connectivity index (χ1) is 11.5. The second-order valence-corrected chi connectivity index (χ2v) is 6.78. The zero-order valence-electron chi connectivity index (χ0n) is 13.0. The Bertz CT molecular complexity index is 761. The van der Waals surface area contributed by atoms with Gasteiger partial charge in [0.25, 0.3) is 5.91 Å². The summed E-state index contributed by atoms with van der Waals surface area (Å²) in [5, 5.41) is 9.09. The van der Waals surface area contributed by atoms with Crippen molar-refractivity contribution in [3.8, 4) is 0 Å². The molecule has 2 atom stereocenters. The van der Waals surface area contributed by atoms with E-state index >= 15 is 0 Å². The van der Waals surface area contributed by atoms with E-state index in [9.17, 15) is 19.1 Å². The third-order valence-corrected chi connectivity index (χ3v) is 5.30. The van der Waals surface area contributed by atoms with E-state index in [0.29, 0.717) is 5.75 Å². The van der Waals surface area contributed by atoms with Gasteiger partial charge in [0.05, 0.1) is 0 Å². The largest absolute Gasteiger partial charge is 0.480 e. The van der Waals surface area contributed by atoms with Crippen LogP contribution in [0.1, 0.15) is 26.9 Å². The highest BCUT2D eigenvalue weighted by Crippen LogP contribution is 2.42. The first kappa shape index (κ1) is 16.5. The number of aryl methyl sites for hydroxylation is 1. The first-order valence-corrected chi connectivity index (χ1v) is 8.51. The van der Waals surface area contributed by atoms with Gasteiger partial charge in [-0.3, -0.25) is 4.79 Å². The summed E-state index contributed by atoms with van der Waals surface area (Å²) in [6, 6.07) is 11.9. The van der Waals surface area contributed by atoms with E-state index in [0.717, 1.165) is 11.1 Å². The Morgan fingerprint density at radius 1 is 1.12 bits per heavy atom. The first-order valence-electron chi connectivity index (χ1n) is 7.46. The van der Waals surface area contributed by atoms with Crippen LogP contribution in [0, 0.1) is 12.7 Å². The van der Waals surface area contributed by atoms with Gasteiger partial charge in [0, 0.05) is 11.3 Å². The summed E-state index contributed by atoms with van der Waals surface area (Å²) < 4.78 is 13.1. The third-order valence-electron chi connectivity index (χ3n) is 3.97. The minimum atomic E-state index is -1.03. The molecule has 2 aromatic carbocycles. The average Bonchev–Trinajstić information content (AvgIpc) is 3.01. The number of aliphatic carboxylic acids is 1. The van der Waals surface area contributed by atoms with E-state index in [1.807, 2.05) is 31.2 Å². The van der Waals surface area contributed by atoms with E-state index in [-0.39, 0.29) is 10.9 Å². The molecular formula is C18H16FNO3S. The van der Waals surface area contributed by atoms with Gasteiger partial charge in [-0.05, 0) is 36.8 Å². The lowest BCUT2D eigenvalue weighted by molar-refractivity contribution is -0.141. The van der Waals surface area contributed by atoms with Gasteiger partial charge in [0.2, 0.25) is 0 Å². The molecule has 4 nitrogen and oxygen atoms in total. The van der Waals surface area contributed by atoms with Crippen LogP contribution >= 0.6 is 11.8 Å². The van der Waals surface area contributed by atoms with Crippen molar-refractivity contribution in [2.75, 3.05) is 5.75 Å². The maximum atomic E-state index is 13.1. The fraction of sp³-hybridized carbons (Fsp3) is 0.222. The number of benzene rings is 2. The quantitative estimate of drug-likeness (QED) is 0.925. The minimum Gasteiger partial charge on any atom is -0.480 e. The molecule has 3 rings (SSSR count). The Kier molecular flexibility index (Phi) is 4.57. The molecule has 6 heteroatoms. The number of carbonyl (C=O) groups is 2. The molecule has 24 heavy (non-hydrogen) atoms. The summed E-state index contributed by atoms with van der Waals surface area (Å²) in [6.07, 6.45) is 0. The Hall–Kier alpha value is -2.34. The van der Waals surface area contributed by atoms with Crippen LogP contribution in [0.15, 0.2) is 48.5 Å². The summed E-state index contributed by atoms with van der Waals surface area (Å²) in [5.41, 5.74) is 2.25. The van der Waals surface area contributed by atoms with Crippen LogP contribution in [0.3, 0.4) is 0 Å². The smallest absolute Gasteiger partial charge is 0.327 e. The van der Waals surface area contributed by atoms with Crippen molar-refractivity contribution in [1.29, 1.82) is 0 Å². The molecule has 0 radical (unpaired) electrons. The summed E-state index contributed by atoms with van der Waals surface area (Å²) >= 11 is 1.42. The fourth-order valence-electron chi connectivity index (χ4n) is 2.67. The summed E-state index contributed by atoms with van der Waals surface area (Å²) in [7, 11) is 0. The fourth-order valence-corrected chi connectivity index (χ4v) is 4.09. The zero-order valence-corrected chi connectivity index (χ0v) is 13.8. The van der Waals surface area contributed by atoms with Gasteiger partial charge in [0.15, 0.2) is 0 Å². The number of amides is 1. The molecule has 1 amide bonds. The lowest BCUT2D eigenvalue weighted by atomic mass is 10.1. The molecular weight excluding hydrogens is 329 g/mol. The van der Waals surface area contributed by atoms with Gasteiger partial charge < -0.3 is 10.0 Å². The highest BCUT2D eigenvalue weighted by Gasteiger charge is 2.42. The predicted molar refractivity (Wildman–Crippen MR) is 90.4 cm³/mol. The van der Waals surface area contributed by atoms with Crippen LogP contribution in [0.5, 0.6) is 0 Å². The maximum absolute atomic E-state index is 13.1. The van der Waals surface area contributed by atoms with E-state index in [1.54, 1.807) is 0 Å². The molecule has 0 bridgehead atoms. The molecule has 0 unspecified atom stereocenters. The standard InChI is InChI=1S/C18H16FNO3S/c1-11-2-4-13(5-3-11)17-20(15(10-24-17)18(22)23)16(21)12-6-8-14(19)9-7-12/h2-9,15,17H,10H2,1H3,(H,22,23)/t15-,17-/m1/s1. The van der Waals surface area contributed by atoms with Crippen LogP contribution in [-0.4, -0.2) is 33.7 Å². The number of halogens is 1. The number of carboxylic acid groups (broad SMARTS) is 1. The van der Waals surface area contributed by atoms with E-state index in [1.165, 1.54) is 40.9 Å². The van der Waals surface area contributed by atoms with Crippen LogP contribution in [0.4, 0.5) is 4.39 Å². The van der Waals surface area contributed by atoms with Crippen LogP contribution < -0.4 is 0 Å². The van der Waals surface area contributed by atoms with Crippen LogP contribution in [0.2, 0.25) is 0 Å². The summed E-state index contributed by atoms with van der Waals surface area (Å²) in [5.74, 6) is -1.56. The zero-order chi connectivity index (χ0) is 17.3. The van der Waals surface area contributed by atoms with Crippen molar-refractivity contribution in [2.45, 2.75) is 18.3 Å². The third kappa shape index (κ3) is 3.14. The molecule has 0 aliphatic carbocycles. The SMILES string of the molecule is Cc1ccc([C@H]2SC[C@H](C(=O)O)N2C(=O)c2ccc(F)cc2)cc1. The second-order valence-electron chi connectivity index (χ2n) is 5.67. The minimum absolute atomic E-state index is 0.280. The highest BCUT2D eigenvalue weighted by molar-refractivity contribution is 7.99. The molecule has 0 spiro atoms. The second kappa shape index (κ2) is 6.65. The molecule has 0 saturated carbocycles. The van der Waals surface area contributed by atoms with E-state index in [2.05, 4.69) is 0 Å². The Balaban J connectivity index is 1.97. The lowest BCUT2D eigenvalue weighted by Crippen LogP contribution is -2.42. The topological polar surface area (TPSA) is 57.6 Å². The predicted octanol–water partition coefficient (Wildman–Crippen LogP) is 3.48. The number of thioether (sulfide) groups is 1. The van der Waals surface area contributed by atoms with Gasteiger partial charge in [-0.2, -0.15) is 0 Å². The molecule has 1 saturated heterocycles. The van der Waals surface area contributed by atoms with Crippen molar-refractivity contribution in [3.63, 3.8) is 0 Å². The number of hydrogen-bond donors (Lipinski definition) is 1. The monoisotopic (exact) mass is 345 g/mol. The van der Waals surface area contributed by atoms with Gasteiger partial charge in [-0.15, -0.1) is 11.8 Å². The van der Waals surface area contributed by atoms with Crippen molar-refractivity contribution < 1.29 is 19.1 Å². The van der Waals surface area contributed by atoms with Gasteiger partial charge >= 0.3 is 5.97 Å². The molecule has 2 aromatic rings. The average molecular weight is 345 g/mol. The van der Waals surface area contributed by atoms with E-state index in [4.69, 9.17) is 0 Å². The van der Waals surface area contributed by atoms with Gasteiger partial charge in [0.1, 0.15) is 17.2 Å². The maximum Gasteiger partial charge on any atom is 0.327 e. The number of rotatable bonds is 3. The molecule has 1 aliphatic rings. The Morgan fingerprint density at radius 3 is 2.33 bits per heavy atom. The molecule has 1 fully saturated rings. The Morgan fingerprint density at radius 2 is 1.75 bits per heavy atom. The van der Waals surface area contributed by atoms with Gasteiger partial charge in [-0.25, -0.2) is 9.18 Å². The molecule has 1 N–H and O–H groups in total. The normalized spacial score (nSPS) is 20.2. The number of carbonyl (C=O) groups excluding carboxylic acids is 1. The van der Waals surface area contributed by atoms with Crippen molar-refractivity contribution in [2.24, 2.45) is 0 Å². The molecule has 0 aromatic heterocycles. The Labute approximate surface area is 143 Å². The van der Waals surface area contributed by atoms with Gasteiger partial charge in [-0.1, -0.05) is 29.8 Å². The summed E-state index contributed by atoms with van der Waals surface area (Å²) in [4.78, 5) is 25.8. The lowest BCUT2D eigenvalue weighted by Gasteiger charge is -2.27. The molecule has 1 aliphatic heterocycles. The molecule has 1 heterocycles. The summed E-state index contributed by atoms with van der Waals surface area (Å²) in [6.45, 7) is 1.97. The molecule has 124 valence electrons. The number of carboxylic acids is 1. The highest BCUT2D eigenvalue weighted by atomic mass is 32.2. The number of hydrogen-bond acceptors (Lipinski definition) is 3. The van der Waals surface area contributed by atoms with Crippen molar-refractivity contribution in [3.05, 3.63) is 71.0 Å². The number of nitrogens with zero attached hydrogens (tertiary/aromatic N) is 1. The van der Waals surface area contributed by atoms with E-state index < -0.39 is 23.7 Å². The van der Waals surface area contributed by atoms with Crippen molar-refractivity contribution >= 4 is 23.6 Å². The van der Waals surface area contributed by atoms with Crippen LogP contribution in [0.25, 0.3) is 0 Å². The van der Waals surface area contributed by atoms with Crippen LogP contribution in [-0.2, 0) is 4.79 Å².